The summed E-state index contributed by atoms with van der Waals surface area (Å²) >= 11 is 6.27. The van der Waals surface area contributed by atoms with Gasteiger partial charge in [-0.3, -0.25) is 14.4 Å². The van der Waals surface area contributed by atoms with Crippen LogP contribution in [0.15, 0.2) is 59.4 Å². The standard InChI is InChI=1S/C25H26ClN3O4/c1-2-3-4-5-8-17(25(32)33)15-23(30)27-22-14-16(11-12-20(22)26)13-21-18-9-6-7-10-19(18)24(31)29-28-21/h4-7,9-12,14,17H,2-3,8,13,15H2,1H3,(H,27,30)(H,29,31)(H,32,33)/b5-4+. The molecule has 172 valence electrons. The molecule has 0 fully saturated rings. The summed E-state index contributed by atoms with van der Waals surface area (Å²) in [5.41, 5.74) is 1.67. The minimum Gasteiger partial charge on any atom is -0.481 e. The predicted octanol–water partition coefficient (Wildman–Crippen LogP) is 4.94. The quantitative estimate of drug-likeness (QED) is 0.365. The summed E-state index contributed by atoms with van der Waals surface area (Å²) in [6.07, 6.45) is 6.15. The number of hydrogen-bond acceptors (Lipinski definition) is 4. The minimum atomic E-state index is -1.01. The number of rotatable bonds is 10. The lowest BCUT2D eigenvalue weighted by atomic mass is 10.0. The Hall–Kier alpha value is -3.45. The number of carboxylic acids is 1. The Balaban J connectivity index is 1.74. The third-order valence-corrected chi connectivity index (χ3v) is 5.60. The summed E-state index contributed by atoms with van der Waals surface area (Å²) in [6.45, 7) is 2.04. The Kier molecular flexibility index (Phi) is 8.38. The van der Waals surface area contributed by atoms with Gasteiger partial charge in [0.15, 0.2) is 0 Å². The lowest BCUT2D eigenvalue weighted by Crippen LogP contribution is -2.22. The molecule has 0 aliphatic carbocycles. The number of unbranched alkanes of at least 4 members (excludes halogenated alkanes) is 1. The van der Waals surface area contributed by atoms with Crippen LogP contribution in [-0.2, 0) is 16.0 Å². The largest absolute Gasteiger partial charge is 0.481 e. The maximum atomic E-state index is 12.5. The smallest absolute Gasteiger partial charge is 0.307 e. The molecule has 1 aromatic heterocycles. The van der Waals surface area contributed by atoms with Gasteiger partial charge >= 0.3 is 5.97 Å². The number of carbonyl (C=O) groups excluding carboxylic acids is 1. The van der Waals surface area contributed by atoms with Gasteiger partial charge in [0.2, 0.25) is 5.91 Å². The van der Waals surface area contributed by atoms with Gasteiger partial charge in [-0.05, 0) is 36.6 Å². The van der Waals surface area contributed by atoms with Crippen molar-refractivity contribution in [3.63, 3.8) is 0 Å². The fourth-order valence-electron chi connectivity index (χ4n) is 3.52. The van der Waals surface area contributed by atoms with Gasteiger partial charge in [-0.2, -0.15) is 5.10 Å². The zero-order valence-electron chi connectivity index (χ0n) is 18.3. The number of halogens is 1. The number of hydrogen-bond donors (Lipinski definition) is 3. The van der Waals surface area contributed by atoms with Crippen LogP contribution in [0.1, 0.15) is 43.9 Å². The first-order chi connectivity index (χ1) is 15.9. The third kappa shape index (κ3) is 6.52. The number of aliphatic carboxylic acids is 1. The fourth-order valence-corrected chi connectivity index (χ4v) is 3.68. The van der Waals surface area contributed by atoms with Crippen LogP contribution < -0.4 is 10.9 Å². The SMILES string of the molecule is CCC/C=C/CC(CC(=O)Nc1cc(Cc2n[nH]c(=O)c3ccccc23)ccc1Cl)C(=O)O. The number of fused-ring (bicyclic) bond motifs is 1. The van der Waals surface area contributed by atoms with Gasteiger partial charge in [0.05, 0.1) is 27.7 Å². The molecule has 3 aromatic rings. The highest BCUT2D eigenvalue weighted by Gasteiger charge is 2.20. The average Bonchev–Trinajstić information content (AvgIpc) is 2.80. The van der Waals surface area contributed by atoms with E-state index >= 15 is 0 Å². The lowest BCUT2D eigenvalue weighted by Gasteiger charge is -2.13. The molecule has 3 rings (SSSR count). The van der Waals surface area contributed by atoms with Crippen molar-refractivity contribution in [1.29, 1.82) is 0 Å². The fraction of sp³-hybridized carbons (Fsp3) is 0.280. The van der Waals surface area contributed by atoms with Crippen LogP contribution in [0.25, 0.3) is 10.8 Å². The zero-order valence-corrected chi connectivity index (χ0v) is 19.1. The second-order valence-corrected chi connectivity index (χ2v) is 8.23. The van der Waals surface area contributed by atoms with E-state index in [0.29, 0.717) is 34.6 Å². The number of aromatic amines is 1. The summed E-state index contributed by atoms with van der Waals surface area (Å²) in [7, 11) is 0. The van der Waals surface area contributed by atoms with Gasteiger partial charge in [-0.15, -0.1) is 0 Å². The Morgan fingerprint density at radius 3 is 2.67 bits per heavy atom. The molecule has 1 unspecified atom stereocenters. The molecule has 8 heteroatoms. The molecule has 2 aromatic carbocycles. The number of carbonyl (C=O) groups is 2. The number of anilines is 1. The molecule has 0 aliphatic heterocycles. The number of nitrogens with one attached hydrogen (secondary N) is 2. The van der Waals surface area contributed by atoms with Crippen LogP contribution in [0.3, 0.4) is 0 Å². The summed E-state index contributed by atoms with van der Waals surface area (Å²) in [5.74, 6) is -2.24. The van der Waals surface area contributed by atoms with Crippen molar-refractivity contribution in [2.75, 3.05) is 5.32 Å². The van der Waals surface area contributed by atoms with E-state index < -0.39 is 17.8 Å². The van der Waals surface area contributed by atoms with Crippen molar-refractivity contribution in [1.82, 2.24) is 10.2 Å². The highest BCUT2D eigenvalue weighted by atomic mass is 35.5. The second kappa shape index (κ2) is 11.4. The zero-order chi connectivity index (χ0) is 23.8. The second-order valence-electron chi connectivity index (χ2n) is 7.82. The molecule has 3 N–H and O–H groups in total. The first kappa shape index (κ1) is 24.2. The van der Waals surface area contributed by atoms with Crippen LogP contribution in [-0.4, -0.2) is 27.2 Å². The highest BCUT2D eigenvalue weighted by molar-refractivity contribution is 6.33. The van der Waals surface area contributed by atoms with Crippen LogP contribution in [0, 0.1) is 5.92 Å². The van der Waals surface area contributed by atoms with Crippen molar-refractivity contribution in [2.24, 2.45) is 5.92 Å². The number of benzene rings is 2. The highest BCUT2D eigenvalue weighted by Crippen LogP contribution is 2.26. The third-order valence-electron chi connectivity index (χ3n) is 5.28. The number of H-pyrrole nitrogens is 1. The minimum absolute atomic E-state index is 0.154. The van der Waals surface area contributed by atoms with Crippen molar-refractivity contribution < 1.29 is 14.7 Å². The van der Waals surface area contributed by atoms with E-state index in [0.717, 1.165) is 23.8 Å². The number of amides is 1. The summed E-state index contributed by atoms with van der Waals surface area (Å²) in [5, 5.41) is 20.5. The predicted molar refractivity (Wildman–Crippen MR) is 130 cm³/mol. The van der Waals surface area contributed by atoms with Gasteiger partial charge in [0.1, 0.15) is 0 Å². The monoisotopic (exact) mass is 467 g/mol. The number of nitrogens with zero attached hydrogens (tertiary/aromatic N) is 1. The summed E-state index contributed by atoms with van der Waals surface area (Å²) in [4.78, 5) is 36.1. The molecule has 0 saturated carbocycles. The Morgan fingerprint density at radius 1 is 1.18 bits per heavy atom. The molecule has 0 aliphatic rings. The average molecular weight is 468 g/mol. The van der Waals surface area contributed by atoms with E-state index in [1.807, 2.05) is 37.3 Å². The van der Waals surface area contributed by atoms with E-state index in [1.54, 1.807) is 24.3 Å². The van der Waals surface area contributed by atoms with E-state index in [4.69, 9.17) is 11.6 Å². The van der Waals surface area contributed by atoms with E-state index in [9.17, 15) is 19.5 Å². The van der Waals surface area contributed by atoms with Crippen LogP contribution in [0.5, 0.6) is 0 Å². The summed E-state index contributed by atoms with van der Waals surface area (Å²) < 4.78 is 0. The van der Waals surface area contributed by atoms with Crippen molar-refractivity contribution in [3.05, 3.63) is 81.3 Å². The van der Waals surface area contributed by atoms with Crippen molar-refractivity contribution in [3.8, 4) is 0 Å². The van der Waals surface area contributed by atoms with E-state index in [-0.39, 0.29) is 12.0 Å². The molecular formula is C25H26ClN3O4. The molecule has 1 amide bonds. The molecule has 33 heavy (non-hydrogen) atoms. The Bertz CT molecular complexity index is 1240. The van der Waals surface area contributed by atoms with Crippen molar-refractivity contribution in [2.45, 2.75) is 39.0 Å². The normalized spacial score (nSPS) is 12.2. The molecular weight excluding hydrogens is 442 g/mol. The van der Waals surface area contributed by atoms with Crippen LogP contribution >= 0.6 is 11.6 Å². The molecule has 1 atom stereocenters. The Morgan fingerprint density at radius 2 is 1.94 bits per heavy atom. The molecule has 0 radical (unpaired) electrons. The Labute approximate surface area is 196 Å². The maximum absolute atomic E-state index is 12.5. The maximum Gasteiger partial charge on any atom is 0.307 e. The van der Waals surface area contributed by atoms with E-state index in [1.165, 1.54) is 0 Å². The van der Waals surface area contributed by atoms with E-state index in [2.05, 4.69) is 15.5 Å². The molecule has 0 spiro atoms. The molecule has 0 saturated heterocycles. The van der Waals surface area contributed by atoms with Gasteiger partial charge in [0.25, 0.3) is 5.56 Å². The molecule has 0 bridgehead atoms. The molecule has 1 heterocycles. The van der Waals surface area contributed by atoms with Gasteiger partial charge in [0, 0.05) is 18.2 Å². The first-order valence-electron chi connectivity index (χ1n) is 10.8. The number of carboxylic acid groups (broad SMARTS) is 1. The summed E-state index contributed by atoms with van der Waals surface area (Å²) in [6, 6.07) is 12.4. The van der Waals surface area contributed by atoms with Crippen molar-refractivity contribution >= 4 is 39.9 Å². The topological polar surface area (TPSA) is 112 Å². The number of allylic oxidation sites excluding steroid dienone is 2. The lowest BCUT2D eigenvalue weighted by molar-refractivity contribution is -0.143. The van der Waals surface area contributed by atoms with Crippen LogP contribution in [0.2, 0.25) is 5.02 Å². The van der Waals surface area contributed by atoms with Gasteiger partial charge in [-0.25, -0.2) is 5.10 Å². The first-order valence-corrected chi connectivity index (χ1v) is 11.2. The van der Waals surface area contributed by atoms with Gasteiger partial charge < -0.3 is 10.4 Å². The van der Waals surface area contributed by atoms with Crippen LogP contribution in [0.4, 0.5) is 5.69 Å². The van der Waals surface area contributed by atoms with Gasteiger partial charge in [-0.1, -0.05) is 61.4 Å². The molecule has 7 nitrogen and oxygen atoms in total. The number of aromatic nitrogens is 2.